The molecule has 0 radical (unpaired) electrons. The van der Waals surface area contributed by atoms with Crippen molar-refractivity contribution >= 4 is 17.7 Å². The summed E-state index contributed by atoms with van der Waals surface area (Å²) >= 11 is 1.57. The fourth-order valence-electron chi connectivity index (χ4n) is 2.41. The smallest absolute Gasteiger partial charge is 0.257 e. The van der Waals surface area contributed by atoms with E-state index in [0.29, 0.717) is 17.5 Å². The Labute approximate surface area is 139 Å². The van der Waals surface area contributed by atoms with Gasteiger partial charge >= 0.3 is 0 Å². The molecule has 1 amide bonds. The van der Waals surface area contributed by atoms with E-state index in [4.69, 9.17) is 9.26 Å². The molecule has 0 bridgehead atoms. The van der Waals surface area contributed by atoms with E-state index in [1.54, 1.807) is 18.9 Å². The molecule has 1 aliphatic heterocycles. The quantitative estimate of drug-likeness (QED) is 0.906. The Bertz CT molecular complexity index is 657. The normalized spacial score (nSPS) is 18.3. The molecule has 1 N–H and O–H groups in total. The van der Waals surface area contributed by atoms with Crippen molar-refractivity contribution in [3.8, 4) is 17.2 Å². The van der Waals surface area contributed by atoms with Crippen LogP contribution in [0.3, 0.4) is 0 Å². The van der Waals surface area contributed by atoms with Crippen LogP contribution in [0.15, 0.2) is 28.8 Å². The van der Waals surface area contributed by atoms with Gasteiger partial charge in [0.2, 0.25) is 5.91 Å². The van der Waals surface area contributed by atoms with Gasteiger partial charge < -0.3 is 14.6 Å². The molecular weight excluding hydrogens is 314 g/mol. The molecule has 0 spiro atoms. The first-order chi connectivity index (χ1) is 11.3. The van der Waals surface area contributed by atoms with Crippen molar-refractivity contribution in [2.45, 2.75) is 30.3 Å². The van der Waals surface area contributed by atoms with E-state index in [0.717, 1.165) is 37.1 Å². The number of ether oxygens (including phenoxy) is 1. The van der Waals surface area contributed by atoms with Gasteiger partial charge in [-0.05, 0) is 37.1 Å². The third-order valence-corrected chi connectivity index (χ3v) is 4.98. The summed E-state index contributed by atoms with van der Waals surface area (Å²) in [5.74, 6) is 2.55. The molecule has 2 aromatic rings. The van der Waals surface area contributed by atoms with Crippen molar-refractivity contribution in [1.82, 2.24) is 15.5 Å². The summed E-state index contributed by atoms with van der Waals surface area (Å²) in [5.41, 5.74) is 0.849. The first kappa shape index (κ1) is 15.9. The molecule has 0 unspecified atom stereocenters. The van der Waals surface area contributed by atoms with Gasteiger partial charge in [0.15, 0.2) is 5.82 Å². The van der Waals surface area contributed by atoms with E-state index >= 15 is 0 Å². The number of carbonyl (C=O) groups excluding carboxylic acids is 1. The Hall–Kier alpha value is -2.02. The Kier molecular flexibility index (Phi) is 5.17. The van der Waals surface area contributed by atoms with Crippen LogP contribution >= 0.6 is 11.8 Å². The second kappa shape index (κ2) is 7.50. The predicted molar refractivity (Wildman–Crippen MR) is 88.2 cm³/mol. The van der Waals surface area contributed by atoms with Crippen LogP contribution in [-0.4, -0.2) is 35.0 Å². The van der Waals surface area contributed by atoms with Crippen molar-refractivity contribution in [2.75, 3.05) is 13.7 Å². The number of methoxy groups -OCH3 is 1. The van der Waals surface area contributed by atoms with E-state index in [1.807, 2.05) is 24.3 Å². The van der Waals surface area contributed by atoms with Crippen molar-refractivity contribution in [3.05, 3.63) is 30.1 Å². The van der Waals surface area contributed by atoms with Crippen LogP contribution in [0.25, 0.3) is 11.5 Å². The van der Waals surface area contributed by atoms with Crippen LogP contribution in [0.2, 0.25) is 0 Å². The number of nitrogens with zero attached hydrogens (tertiary/aromatic N) is 2. The molecule has 122 valence electrons. The third kappa shape index (κ3) is 4.04. The van der Waals surface area contributed by atoms with Crippen molar-refractivity contribution in [3.63, 3.8) is 0 Å². The standard InChI is InChI=1S/C16H19N3O3S/c1-21-12-7-5-11(6-8-12)16-18-14(19-22-16)10-23-13-4-2-3-9-17-15(13)20/h5-8,13H,2-4,9-10H2,1H3,(H,17,20)/t13-/m0/s1. The number of benzene rings is 1. The lowest BCUT2D eigenvalue weighted by Crippen LogP contribution is -2.30. The summed E-state index contributed by atoms with van der Waals surface area (Å²) in [5, 5.41) is 6.91. The van der Waals surface area contributed by atoms with Gasteiger partial charge in [0.05, 0.1) is 18.1 Å². The SMILES string of the molecule is COc1ccc(-c2nc(CS[C@H]3CCCCNC3=O)no2)cc1. The fourth-order valence-corrected chi connectivity index (χ4v) is 3.44. The Morgan fingerprint density at radius 3 is 2.96 bits per heavy atom. The summed E-state index contributed by atoms with van der Waals surface area (Å²) in [7, 11) is 1.63. The molecule has 0 aliphatic carbocycles. The molecule has 3 rings (SSSR count). The van der Waals surface area contributed by atoms with E-state index < -0.39 is 0 Å². The van der Waals surface area contributed by atoms with Crippen LogP contribution in [0.1, 0.15) is 25.1 Å². The second-order valence-corrected chi connectivity index (χ2v) is 6.52. The van der Waals surface area contributed by atoms with Crippen molar-refractivity contribution in [1.29, 1.82) is 0 Å². The van der Waals surface area contributed by atoms with Gasteiger partial charge in [-0.1, -0.05) is 11.6 Å². The van der Waals surface area contributed by atoms with Gasteiger partial charge in [-0.25, -0.2) is 0 Å². The number of nitrogens with one attached hydrogen (secondary N) is 1. The Morgan fingerprint density at radius 2 is 2.17 bits per heavy atom. The highest BCUT2D eigenvalue weighted by molar-refractivity contribution is 7.99. The molecule has 1 atom stereocenters. The van der Waals surface area contributed by atoms with Gasteiger partial charge in [0, 0.05) is 12.1 Å². The zero-order chi connectivity index (χ0) is 16.1. The van der Waals surface area contributed by atoms with Crippen LogP contribution in [-0.2, 0) is 10.5 Å². The van der Waals surface area contributed by atoms with Crippen molar-refractivity contribution < 1.29 is 14.1 Å². The molecule has 6 nitrogen and oxygen atoms in total. The van der Waals surface area contributed by atoms with Crippen LogP contribution < -0.4 is 10.1 Å². The first-order valence-electron chi connectivity index (χ1n) is 7.62. The van der Waals surface area contributed by atoms with Gasteiger partial charge in [-0.3, -0.25) is 4.79 Å². The molecule has 0 saturated carbocycles. The highest BCUT2D eigenvalue weighted by Crippen LogP contribution is 2.25. The van der Waals surface area contributed by atoms with E-state index in [2.05, 4.69) is 15.5 Å². The van der Waals surface area contributed by atoms with E-state index in [-0.39, 0.29) is 11.2 Å². The average Bonchev–Trinajstić information content (AvgIpc) is 2.96. The molecule has 2 heterocycles. The molecule has 1 aromatic carbocycles. The maximum atomic E-state index is 11.9. The topological polar surface area (TPSA) is 77.2 Å². The molecule has 1 aromatic heterocycles. The summed E-state index contributed by atoms with van der Waals surface area (Å²) in [6.45, 7) is 0.778. The Balaban J connectivity index is 1.61. The molecule has 23 heavy (non-hydrogen) atoms. The maximum Gasteiger partial charge on any atom is 0.257 e. The van der Waals surface area contributed by atoms with E-state index in [9.17, 15) is 4.79 Å². The predicted octanol–water partition coefficient (Wildman–Crippen LogP) is 2.65. The number of hydrogen-bond donors (Lipinski definition) is 1. The van der Waals surface area contributed by atoms with Gasteiger partial charge in [0.1, 0.15) is 5.75 Å². The molecule has 7 heteroatoms. The molecule has 1 saturated heterocycles. The minimum Gasteiger partial charge on any atom is -0.497 e. The summed E-state index contributed by atoms with van der Waals surface area (Å²) in [6.07, 6.45) is 3.02. The summed E-state index contributed by atoms with van der Waals surface area (Å²) in [4.78, 5) is 16.3. The number of carbonyl (C=O) groups is 1. The largest absolute Gasteiger partial charge is 0.497 e. The minimum atomic E-state index is -0.0274. The van der Waals surface area contributed by atoms with Crippen LogP contribution in [0.5, 0.6) is 5.75 Å². The van der Waals surface area contributed by atoms with Gasteiger partial charge in [-0.15, -0.1) is 11.8 Å². The van der Waals surface area contributed by atoms with Crippen LogP contribution in [0, 0.1) is 0 Å². The molecule has 1 aliphatic rings. The third-order valence-electron chi connectivity index (χ3n) is 3.70. The van der Waals surface area contributed by atoms with Gasteiger partial charge in [-0.2, -0.15) is 4.98 Å². The number of hydrogen-bond acceptors (Lipinski definition) is 6. The lowest BCUT2D eigenvalue weighted by molar-refractivity contribution is -0.120. The monoisotopic (exact) mass is 333 g/mol. The van der Waals surface area contributed by atoms with E-state index in [1.165, 1.54) is 0 Å². The molecular formula is C16H19N3O3S. The van der Waals surface area contributed by atoms with Crippen molar-refractivity contribution in [2.24, 2.45) is 0 Å². The Morgan fingerprint density at radius 1 is 1.35 bits per heavy atom. The van der Waals surface area contributed by atoms with Gasteiger partial charge in [0.25, 0.3) is 5.89 Å². The lowest BCUT2D eigenvalue weighted by Gasteiger charge is -2.10. The number of amides is 1. The summed E-state index contributed by atoms with van der Waals surface area (Å²) in [6, 6.07) is 7.46. The maximum absolute atomic E-state index is 11.9. The summed E-state index contributed by atoms with van der Waals surface area (Å²) < 4.78 is 10.4. The highest BCUT2D eigenvalue weighted by atomic mass is 32.2. The number of rotatable bonds is 5. The lowest BCUT2D eigenvalue weighted by atomic mass is 10.2. The zero-order valence-electron chi connectivity index (χ0n) is 12.9. The zero-order valence-corrected chi connectivity index (χ0v) is 13.8. The number of thioether (sulfide) groups is 1. The molecule has 1 fully saturated rings. The average molecular weight is 333 g/mol. The highest BCUT2D eigenvalue weighted by Gasteiger charge is 2.22. The fraction of sp³-hybridized carbons (Fsp3) is 0.438. The first-order valence-corrected chi connectivity index (χ1v) is 8.67. The minimum absolute atomic E-state index is 0.0274. The second-order valence-electron chi connectivity index (χ2n) is 5.33. The van der Waals surface area contributed by atoms with Crippen LogP contribution in [0.4, 0.5) is 0 Å². The number of aromatic nitrogens is 2.